The zero-order valence-electron chi connectivity index (χ0n) is 21.7. The van der Waals surface area contributed by atoms with Gasteiger partial charge in [-0.3, -0.25) is 9.59 Å². The monoisotopic (exact) mass is 512 g/mol. The summed E-state index contributed by atoms with van der Waals surface area (Å²) in [5.41, 5.74) is 1.02. The van der Waals surface area contributed by atoms with Gasteiger partial charge in [0, 0.05) is 27.2 Å². The minimum absolute atomic E-state index is 0.0821. The van der Waals surface area contributed by atoms with E-state index < -0.39 is 5.60 Å². The second-order valence-electron chi connectivity index (χ2n) is 10.8. The summed E-state index contributed by atoms with van der Waals surface area (Å²) in [4.78, 5) is 28.7. The maximum Gasteiger partial charge on any atom is 0.258 e. The molecule has 2 fully saturated rings. The largest absolute Gasteiger partial charge is 0.497 e. The molecule has 0 unspecified atom stereocenters. The van der Waals surface area contributed by atoms with Crippen molar-refractivity contribution in [3.63, 3.8) is 0 Å². The highest BCUT2D eigenvalue weighted by atomic mass is 35.5. The van der Waals surface area contributed by atoms with Crippen molar-refractivity contribution in [2.45, 2.75) is 51.0 Å². The van der Waals surface area contributed by atoms with E-state index in [4.69, 9.17) is 16.3 Å². The molecule has 0 radical (unpaired) electrons. The van der Waals surface area contributed by atoms with Gasteiger partial charge in [0.2, 0.25) is 0 Å². The van der Waals surface area contributed by atoms with E-state index in [-0.39, 0.29) is 11.8 Å². The summed E-state index contributed by atoms with van der Waals surface area (Å²) in [5.74, 6) is 0.996. The third-order valence-corrected chi connectivity index (χ3v) is 8.45. The average molecular weight is 513 g/mol. The Labute approximate surface area is 219 Å². The van der Waals surface area contributed by atoms with E-state index in [9.17, 15) is 14.7 Å². The van der Waals surface area contributed by atoms with Gasteiger partial charge in [-0.15, -0.1) is 0 Å². The number of halogens is 1. The van der Waals surface area contributed by atoms with Gasteiger partial charge in [0.15, 0.2) is 5.60 Å². The van der Waals surface area contributed by atoms with Crippen LogP contribution in [0.1, 0.15) is 60.5 Å². The molecule has 1 saturated heterocycles. The maximum atomic E-state index is 13.2. The average Bonchev–Trinajstić information content (AvgIpc) is 3.54. The van der Waals surface area contributed by atoms with E-state index in [0.29, 0.717) is 46.3 Å². The van der Waals surface area contributed by atoms with Crippen molar-refractivity contribution in [3.8, 4) is 5.75 Å². The molecule has 1 N–H and O–H groups in total. The summed E-state index contributed by atoms with van der Waals surface area (Å²) in [5, 5.41) is 11.6. The second-order valence-corrected chi connectivity index (χ2v) is 11.2. The van der Waals surface area contributed by atoms with E-state index in [2.05, 4.69) is 0 Å². The molecule has 0 bridgehead atoms. The number of hydrogen-bond donors (Lipinski definition) is 1. The van der Waals surface area contributed by atoms with Gasteiger partial charge in [0.25, 0.3) is 11.8 Å². The molecule has 2 aromatic carbocycles. The van der Waals surface area contributed by atoms with Crippen LogP contribution in [0.4, 0.5) is 0 Å². The van der Waals surface area contributed by atoms with Crippen LogP contribution in [0.5, 0.6) is 5.75 Å². The van der Waals surface area contributed by atoms with Crippen molar-refractivity contribution in [3.05, 3.63) is 64.2 Å². The van der Waals surface area contributed by atoms with E-state index in [1.807, 2.05) is 23.1 Å². The molecule has 2 aromatic rings. The number of ether oxygens (including phenoxy) is 1. The molecular formula is C29H37ClN2O4. The van der Waals surface area contributed by atoms with Crippen LogP contribution >= 0.6 is 11.6 Å². The van der Waals surface area contributed by atoms with Crippen molar-refractivity contribution in [1.82, 2.24) is 9.80 Å². The number of carbonyl (C=O) groups is 2. The third-order valence-electron chi connectivity index (χ3n) is 8.14. The SMILES string of the molecule is COc1cccc([C@@](C)(O)C(=O)N2CCC3(CC2)C[C@H]3CCCc2ccc(C(=O)N(C)C)c(Cl)c2)c1. The Morgan fingerprint density at radius 2 is 1.92 bits per heavy atom. The number of aryl methyl sites for hydroxylation is 1. The normalized spacial score (nSPS) is 20.1. The minimum atomic E-state index is -1.57. The highest BCUT2D eigenvalue weighted by molar-refractivity contribution is 6.33. The summed E-state index contributed by atoms with van der Waals surface area (Å²) < 4.78 is 5.25. The Hall–Kier alpha value is -2.57. The lowest BCUT2D eigenvalue weighted by Gasteiger charge is -2.37. The van der Waals surface area contributed by atoms with Gasteiger partial charge in [0.1, 0.15) is 5.75 Å². The molecule has 2 atom stereocenters. The van der Waals surface area contributed by atoms with Gasteiger partial charge in [-0.25, -0.2) is 0 Å². The quantitative estimate of drug-likeness (QED) is 0.545. The summed E-state index contributed by atoms with van der Waals surface area (Å²) in [7, 11) is 5.02. The Bertz CT molecular complexity index is 1120. The fraction of sp³-hybridized carbons (Fsp3) is 0.517. The predicted molar refractivity (Wildman–Crippen MR) is 141 cm³/mol. The van der Waals surface area contributed by atoms with Crippen LogP contribution in [0.15, 0.2) is 42.5 Å². The Balaban J connectivity index is 1.26. The molecule has 36 heavy (non-hydrogen) atoms. The molecule has 2 amide bonds. The third kappa shape index (κ3) is 5.40. The van der Waals surface area contributed by atoms with E-state index >= 15 is 0 Å². The molecule has 6 nitrogen and oxygen atoms in total. The lowest BCUT2D eigenvalue weighted by molar-refractivity contribution is -0.152. The predicted octanol–water partition coefficient (Wildman–Crippen LogP) is 4.91. The number of likely N-dealkylation sites (tertiary alicyclic amines) is 1. The number of carbonyl (C=O) groups excluding carboxylic acids is 2. The van der Waals surface area contributed by atoms with Crippen LogP contribution in [0, 0.1) is 11.3 Å². The topological polar surface area (TPSA) is 70.1 Å². The lowest BCUT2D eigenvalue weighted by Crippen LogP contribution is -2.48. The second kappa shape index (κ2) is 10.4. The van der Waals surface area contributed by atoms with Crippen molar-refractivity contribution in [2.24, 2.45) is 11.3 Å². The van der Waals surface area contributed by atoms with Crippen LogP contribution in [-0.2, 0) is 16.8 Å². The van der Waals surface area contributed by atoms with Crippen LogP contribution < -0.4 is 4.74 Å². The minimum Gasteiger partial charge on any atom is -0.497 e. The van der Waals surface area contributed by atoms with Crippen molar-refractivity contribution in [2.75, 3.05) is 34.3 Å². The number of amides is 2. The number of nitrogens with zero attached hydrogens (tertiary/aromatic N) is 2. The standard InChI is InChI=1S/C29H37ClN2O4/c1-28(35,21-8-6-10-23(18-21)36-4)27(34)32-15-13-29(14-16-32)19-22(29)9-5-7-20-11-12-24(25(30)17-20)26(33)31(2)3/h6,8,10-12,17-18,22,35H,5,7,9,13-16,19H2,1-4H3/t22-,28-/m1/s1. The lowest BCUT2D eigenvalue weighted by atomic mass is 9.87. The van der Waals surface area contributed by atoms with Gasteiger partial charge in [-0.1, -0.05) is 29.8 Å². The first kappa shape index (κ1) is 26.5. The van der Waals surface area contributed by atoms with Gasteiger partial charge >= 0.3 is 0 Å². The Morgan fingerprint density at radius 3 is 2.56 bits per heavy atom. The molecule has 1 aliphatic heterocycles. The van der Waals surface area contributed by atoms with Crippen LogP contribution in [-0.4, -0.2) is 61.0 Å². The number of rotatable bonds is 8. The number of aliphatic hydroxyl groups is 1. The van der Waals surface area contributed by atoms with Crippen molar-refractivity contribution >= 4 is 23.4 Å². The first-order valence-corrected chi connectivity index (χ1v) is 13.1. The summed E-state index contributed by atoms with van der Waals surface area (Å²) in [6.07, 6.45) is 6.38. The van der Waals surface area contributed by atoms with Crippen LogP contribution in [0.2, 0.25) is 5.02 Å². The molecule has 1 saturated carbocycles. The van der Waals surface area contributed by atoms with E-state index in [1.54, 1.807) is 52.4 Å². The molecule has 194 valence electrons. The number of hydrogen-bond acceptors (Lipinski definition) is 4. The van der Waals surface area contributed by atoms with Crippen molar-refractivity contribution in [1.29, 1.82) is 0 Å². The number of piperidine rings is 1. The highest BCUT2D eigenvalue weighted by Gasteiger charge is 2.54. The molecule has 4 rings (SSSR count). The molecule has 1 spiro atoms. The Morgan fingerprint density at radius 1 is 1.19 bits per heavy atom. The maximum absolute atomic E-state index is 13.2. The van der Waals surface area contributed by atoms with Crippen LogP contribution in [0.3, 0.4) is 0 Å². The molecule has 1 heterocycles. The molecule has 2 aliphatic rings. The fourth-order valence-corrected chi connectivity index (χ4v) is 5.93. The van der Waals surface area contributed by atoms with Gasteiger partial charge in [-0.05, 0) is 92.2 Å². The highest BCUT2D eigenvalue weighted by Crippen LogP contribution is 2.61. The van der Waals surface area contributed by atoms with Crippen LogP contribution in [0.25, 0.3) is 0 Å². The molecule has 7 heteroatoms. The summed E-state index contributed by atoms with van der Waals surface area (Å²) >= 11 is 6.36. The fourth-order valence-electron chi connectivity index (χ4n) is 5.65. The Kier molecular flexibility index (Phi) is 7.67. The van der Waals surface area contributed by atoms with E-state index in [1.165, 1.54) is 11.3 Å². The smallest absolute Gasteiger partial charge is 0.258 e. The molecule has 1 aliphatic carbocycles. The summed E-state index contributed by atoms with van der Waals surface area (Å²) in [6.45, 7) is 2.95. The zero-order chi connectivity index (χ0) is 26.1. The van der Waals surface area contributed by atoms with Crippen molar-refractivity contribution < 1.29 is 19.4 Å². The van der Waals surface area contributed by atoms with Gasteiger partial charge in [0.05, 0.1) is 17.7 Å². The first-order valence-electron chi connectivity index (χ1n) is 12.7. The number of benzene rings is 2. The summed E-state index contributed by atoms with van der Waals surface area (Å²) in [6, 6.07) is 12.8. The zero-order valence-corrected chi connectivity index (χ0v) is 22.5. The molecule has 0 aromatic heterocycles. The van der Waals surface area contributed by atoms with Gasteiger partial charge in [-0.2, -0.15) is 0 Å². The van der Waals surface area contributed by atoms with Gasteiger partial charge < -0.3 is 19.6 Å². The molecular weight excluding hydrogens is 476 g/mol. The first-order chi connectivity index (χ1) is 17.1. The number of methoxy groups -OCH3 is 1. The van der Waals surface area contributed by atoms with E-state index in [0.717, 1.165) is 37.7 Å².